The summed E-state index contributed by atoms with van der Waals surface area (Å²) in [6, 6.07) is 19.4. The van der Waals surface area contributed by atoms with Gasteiger partial charge in [-0.2, -0.15) is 0 Å². The molecule has 2 aromatic heterocycles. The molecule has 0 aliphatic carbocycles. The molecule has 2 amide bonds. The van der Waals surface area contributed by atoms with Gasteiger partial charge in [0.15, 0.2) is 0 Å². The van der Waals surface area contributed by atoms with Gasteiger partial charge in [0, 0.05) is 36.8 Å². The SMILES string of the molecule is Cc1cc(C(=O)NC[C@@H](CN2Cc3ccccc3C2=O)c2ccccc2)c2c(C)noc2n1. The largest absolute Gasteiger partial charge is 0.351 e. The van der Waals surface area contributed by atoms with Crippen LogP contribution in [0.2, 0.25) is 0 Å². The maximum absolute atomic E-state index is 13.2. The van der Waals surface area contributed by atoms with Crippen molar-refractivity contribution in [2.45, 2.75) is 26.3 Å². The number of nitrogens with one attached hydrogen (secondary N) is 1. The molecule has 2 aromatic carbocycles. The average molecular weight is 441 g/mol. The highest BCUT2D eigenvalue weighted by molar-refractivity contribution is 6.06. The second-order valence-corrected chi connectivity index (χ2v) is 8.42. The molecule has 0 saturated heterocycles. The van der Waals surface area contributed by atoms with Crippen LogP contribution in [0.25, 0.3) is 11.1 Å². The normalized spacial score (nSPS) is 13.9. The number of pyridine rings is 1. The molecular weight excluding hydrogens is 416 g/mol. The van der Waals surface area contributed by atoms with Gasteiger partial charge in [0.2, 0.25) is 0 Å². The number of hydrogen-bond donors (Lipinski definition) is 1. The summed E-state index contributed by atoms with van der Waals surface area (Å²) in [6.07, 6.45) is 0. The molecule has 7 nitrogen and oxygen atoms in total. The van der Waals surface area contributed by atoms with Gasteiger partial charge in [-0.05, 0) is 37.1 Å². The van der Waals surface area contributed by atoms with Crippen molar-refractivity contribution in [1.82, 2.24) is 20.4 Å². The van der Waals surface area contributed by atoms with E-state index < -0.39 is 0 Å². The molecule has 1 aliphatic rings. The molecule has 1 atom stereocenters. The van der Waals surface area contributed by atoms with Crippen LogP contribution in [0.4, 0.5) is 0 Å². The minimum Gasteiger partial charge on any atom is -0.351 e. The predicted molar refractivity (Wildman–Crippen MR) is 124 cm³/mol. The molecule has 0 unspecified atom stereocenters. The highest BCUT2D eigenvalue weighted by atomic mass is 16.5. The van der Waals surface area contributed by atoms with Crippen molar-refractivity contribution in [2.24, 2.45) is 0 Å². The second-order valence-electron chi connectivity index (χ2n) is 8.42. The zero-order valence-corrected chi connectivity index (χ0v) is 18.5. The summed E-state index contributed by atoms with van der Waals surface area (Å²) in [6.45, 7) is 5.09. The summed E-state index contributed by atoms with van der Waals surface area (Å²) in [7, 11) is 0. The maximum Gasteiger partial charge on any atom is 0.258 e. The minimum atomic E-state index is -0.214. The monoisotopic (exact) mass is 440 g/mol. The van der Waals surface area contributed by atoms with E-state index in [1.807, 2.05) is 66.4 Å². The van der Waals surface area contributed by atoms with Crippen LogP contribution in [-0.2, 0) is 6.54 Å². The third-order valence-electron chi connectivity index (χ3n) is 6.11. The fourth-order valence-electron chi connectivity index (χ4n) is 4.45. The van der Waals surface area contributed by atoms with E-state index in [0.717, 1.165) is 16.7 Å². The smallest absolute Gasteiger partial charge is 0.258 e. The van der Waals surface area contributed by atoms with Gasteiger partial charge in [0.05, 0.1) is 16.6 Å². The quantitative estimate of drug-likeness (QED) is 0.489. The summed E-state index contributed by atoms with van der Waals surface area (Å²) < 4.78 is 5.26. The second kappa shape index (κ2) is 8.50. The first kappa shape index (κ1) is 20.9. The lowest BCUT2D eigenvalue weighted by atomic mass is 9.98. The van der Waals surface area contributed by atoms with Gasteiger partial charge in [-0.3, -0.25) is 9.59 Å². The van der Waals surface area contributed by atoms with Crippen LogP contribution >= 0.6 is 0 Å². The van der Waals surface area contributed by atoms with Gasteiger partial charge in [0.1, 0.15) is 0 Å². The summed E-state index contributed by atoms with van der Waals surface area (Å²) in [5.41, 5.74) is 5.03. The van der Waals surface area contributed by atoms with Gasteiger partial charge in [-0.15, -0.1) is 0 Å². The van der Waals surface area contributed by atoms with E-state index >= 15 is 0 Å². The average Bonchev–Trinajstić information content (AvgIpc) is 3.36. The Hall–Kier alpha value is -4.00. The molecule has 0 fully saturated rings. The van der Waals surface area contributed by atoms with Crippen LogP contribution in [-0.4, -0.2) is 39.9 Å². The van der Waals surface area contributed by atoms with Gasteiger partial charge in [0.25, 0.3) is 17.5 Å². The van der Waals surface area contributed by atoms with Crippen LogP contribution in [0.15, 0.2) is 65.2 Å². The summed E-state index contributed by atoms with van der Waals surface area (Å²) in [4.78, 5) is 32.3. The van der Waals surface area contributed by atoms with E-state index in [1.54, 1.807) is 13.0 Å². The first-order valence-electron chi connectivity index (χ1n) is 10.9. The van der Waals surface area contributed by atoms with E-state index in [4.69, 9.17) is 4.52 Å². The Morgan fingerprint density at radius 1 is 1.12 bits per heavy atom. The van der Waals surface area contributed by atoms with Crippen molar-refractivity contribution < 1.29 is 14.1 Å². The number of benzene rings is 2. The minimum absolute atomic E-state index is 0.0319. The Kier molecular flexibility index (Phi) is 5.38. The number of rotatable bonds is 6. The predicted octanol–water partition coefficient (Wildman–Crippen LogP) is 4.01. The molecule has 7 heteroatoms. The first-order valence-corrected chi connectivity index (χ1v) is 10.9. The lowest BCUT2D eigenvalue weighted by Gasteiger charge is -2.24. The standard InChI is InChI=1S/C26H24N4O3/c1-16-12-22(23-17(2)29-33-25(23)28-16)24(31)27-13-20(18-8-4-3-5-9-18)15-30-14-19-10-6-7-11-21(19)26(30)32/h3-12,20H,13-15H2,1-2H3,(H,27,31)/t20-/m0/s1. The molecule has 0 bridgehead atoms. The summed E-state index contributed by atoms with van der Waals surface area (Å²) >= 11 is 0. The number of amides is 2. The highest BCUT2D eigenvalue weighted by Gasteiger charge is 2.29. The van der Waals surface area contributed by atoms with E-state index in [0.29, 0.717) is 47.7 Å². The van der Waals surface area contributed by atoms with Crippen molar-refractivity contribution in [3.8, 4) is 0 Å². The lowest BCUT2D eigenvalue weighted by Crippen LogP contribution is -2.36. The molecule has 33 heavy (non-hydrogen) atoms. The van der Waals surface area contributed by atoms with E-state index in [2.05, 4.69) is 15.5 Å². The topological polar surface area (TPSA) is 88.3 Å². The van der Waals surface area contributed by atoms with Crippen LogP contribution in [0.1, 0.15) is 49.1 Å². The summed E-state index contributed by atoms with van der Waals surface area (Å²) in [5.74, 6) is -0.242. The first-order chi connectivity index (χ1) is 16.0. The number of hydrogen-bond acceptors (Lipinski definition) is 5. The number of nitrogens with zero attached hydrogens (tertiary/aromatic N) is 3. The van der Waals surface area contributed by atoms with Crippen LogP contribution in [0.5, 0.6) is 0 Å². The molecule has 0 spiro atoms. The van der Waals surface area contributed by atoms with Gasteiger partial charge in [-0.1, -0.05) is 53.7 Å². The van der Waals surface area contributed by atoms with Gasteiger partial charge < -0.3 is 14.7 Å². The number of aryl methyl sites for hydroxylation is 2. The fourth-order valence-corrected chi connectivity index (χ4v) is 4.45. The van der Waals surface area contributed by atoms with Crippen molar-refractivity contribution in [1.29, 1.82) is 0 Å². The molecular formula is C26H24N4O3. The summed E-state index contributed by atoms with van der Waals surface area (Å²) in [5, 5.41) is 7.65. The van der Waals surface area contributed by atoms with Gasteiger partial charge >= 0.3 is 0 Å². The van der Waals surface area contributed by atoms with Crippen LogP contribution < -0.4 is 5.32 Å². The number of carbonyl (C=O) groups is 2. The third kappa shape index (κ3) is 3.98. The fraction of sp³-hybridized carbons (Fsp3) is 0.231. The van der Waals surface area contributed by atoms with Crippen molar-refractivity contribution in [3.05, 3.63) is 94.3 Å². The molecule has 0 radical (unpaired) electrons. The number of aromatic nitrogens is 2. The van der Waals surface area contributed by atoms with Gasteiger partial charge in [-0.25, -0.2) is 4.98 Å². The molecule has 4 aromatic rings. The lowest BCUT2D eigenvalue weighted by molar-refractivity contribution is 0.0767. The van der Waals surface area contributed by atoms with Crippen LogP contribution in [0.3, 0.4) is 0 Å². The van der Waals surface area contributed by atoms with Crippen LogP contribution in [0, 0.1) is 13.8 Å². The van der Waals surface area contributed by atoms with E-state index in [1.165, 1.54) is 0 Å². The molecule has 1 aliphatic heterocycles. The number of fused-ring (bicyclic) bond motifs is 2. The molecule has 0 saturated carbocycles. The Morgan fingerprint density at radius 3 is 2.67 bits per heavy atom. The highest BCUT2D eigenvalue weighted by Crippen LogP contribution is 2.26. The van der Waals surface area contributed by atoms with Crippen molar-refractivity contribution >= 4 is 22.9 Å². The van der Waals surface area contributed by atoms with E-state index in [-0.39, 0.29) is 17.7 Å². The Labute approximate surface area is 191 Å². The Morgan fingerprint density at radius 2 is 1.88 bits per heavy atom. The zero-order chi connectivity index (χ0) is 22.9. The Balaban J connectivity index is 1.38. The van der Waals surface area contributed by atoms with E-state index in [9.17, 15) is 9.59 Å². The zero-order valence-electron chi connectivity index (χ0n) is 18.5. The third-order valence-corrected chi connectivity index (χ3v) is 6.11. The van der Waals surface area contributed by atoms with Crippen molar-refractivity contribution in [3.63, 3.8) is 0 Å². The number of carbonyl (C=O) groups excluding carboxylic acids is 2. The molecule has 1 N–H and O–H groups in total. The maximum atomic E-state index is 13.2. The Bertz CT molecular complexity index is 1350. The van der Waals surface area contributed by atoms with Crippen molar-refractivity contribution in [2.75, 3.05) is 13.1 Å². The molecule has 166 valence electrons. The molecule has 3 heterocycles. The molecule has 5 rings (SSSR count).